The summed E-state index contributed by atoms with van der Waals surface area (Å²) < 4.78 is 10.8. The van der Waals surface area contributed by atoms with E-state index in [1.165, 1.54) is 0 Å². The van der Waals surface area contributed by atoms with Crippen LogP contribution in [0.1, 0.15) is 25.7 Å². The van der Waals surface area contributed by atoms with Crippen molar-refractivity contribution in [1.29, 1.82) is 0 Å². The van der Waals surface area contributed by atoms with E-state index >= 15 is 0 Å². The molecule has 0 N–H and O–H groups in total. The standard InChI is InChI=1S/C15H22O2/c1-3-14-9-5-6-10-15(13-14)17-12-8-4-7-11-16-2/h3,5-6,9,13H,1,4,7-8,10-12H2,2H3. The van der Waals surface area contributed by atoms with Crippen molar-refractivity contribution < 1.29 is 9.47 Å². The Morgan fingerprint density at radius 2 is 2.12 bits per heavy atom. The Hall–Kier alpha value is -1.28. The van der Waals surface area contributed by atoms with Gasteiger partial charge in [-0.1, -0.05) is 30.9 Å². The molecule has 0 unspecified atom stereocenters. The third-order valence-corrected chi connectivity index (χ3v) is 2.59. The molecule has 0 atom stereocenters. The first-order valence-corrected chi connectivity index (χ1v) is 6.18. The second-order valence-corrected chi connectivity index (χ2v) is 4.02. The summed E-state index contributed by atoms with van der Waals surface area (Å²) in [4.78, 5) is 0. The number of methoxy groups -OCH3 is 1. The van der Waals surface area contributed by atoms with Crippen LogP contribution in [0.5, 0.6) is 0 Å². The molecule has 0 amide bonds. The molecule has 17 heavy (non-hydrogen) atoms. The normalized spacial score (nSPS) is 14.9. The van der Waals surface area contributed by atoms with Crippen LogP contribution in [-0.2, 0) is 9.47 Å². The maximum absolute atomic E-state index is 5.76. The molecular weight excluding hydrogens is 212 g/mol. The maximum Gasteiger partial charge on any atom is 0.100 e. The van der Waals surface area contributed by atoms with Crippen LogP contribution < -0.4 is 0 Å². The van der Waals surface area contributed by atoms with Crippen LogP contribution >= 0.6 is 0 Å². The number of hydrogen-bond donors (Lipinski definition) is 0. The second-order valence-electron chi connectivity index (χ2n) is 4.02. The lowest BCUT2D eigenvalue weighted by atomic mass is 10.2. The number of ether oxygens (including phenoxy) is 2. The third-order valence-electron chi connectivity index (χ3n) is 2.59. The molecule has 0 saturated carbocycles. The number of rotatable bonds is 8. The summed E-state index contributed by atoms with van der Waals surface area (Å²) in [6, 6.07) is 0. The lowest BCUT2D eigenvalue weighted by molar-refractivity contribution is 0.177. The van der Waals surface area contributed by atoms with Gasteiger partial charge in [0.05, 0.1) is 6.61 Å². The van der Waals surface area contributed by atoms with Crippen molar-refractivity contribution in [2.24, 2.45) is 0 Å². The van der Waals surface area contributed by atoms with Gasteiger partial charge in [0.15, 0.2) is 0 Å². The van der Waals surface area contributed by atoms with E-state index in [-0.39, 0.29) is 0 Å². The van der Waals surface area contributed by atoms with Gasteiger partial charge in [0.1, 0.15) is 5.76 Å². The predicted molar refractivity (Wildman–Crippen MR) is 71.8 cm³/mol. The van der Waals surface area contributed by atoms with E-state index < -0.39 is 0 Å². The Kier molecular flexibility index (Phi) is 7.15. The minimum Gasteiger partial charge on any atom is -0.498 e. The second kappa shape index (κ2) is 8.82. The van der Waals surface area contributed by atoms with Crippen molar-refractivity contribution in [3.05, 3.63) is 48.3 Å². The smallest absolute Gasteiger partial charge is 0.100 e. The molecule has 2 nitrogen and oxygen atoms in total. The zero-order valence-electron chi connectivity index (χ0n) is 10.7. The first kappa shape index (κ1) is 13.8. The van der Waals surface area contributed by atoms with Crippen molar-refractivity contribution in [3.63, 3.8) is 0 Å². The highest BCUT2D eigenvalue weighted by Gasteiger charge is 2.00. The SMILES string of the molecule is C=CC1=CC=CCC(OCCCCCOC)=C1. The topological polar surface area (TPSA) is 18.5 Å². The van der Waals surface area contributed by atoms with Gasteiger partial charge in [-0.15, -0.1) is 0 Å². The molecule has 0 radical (unpaired) electrons. The minimum atomic E-state index is 0.786. The van der Waals surface area contributed by atoms with Crippen LogP contribution in [0.3, 0.4) is 0 Å². The van der Waals surface area contributed by atoms with Crippen LogP contribution in [0, 0.1) is 0 Å². The van der Waals surface area contributed by atoms with Gasteiger partial charge in [-0.05, 0) is 30.9 Å². The molecule has 94 valence electrons. The zero-order chi connectivity index (χ0) is 12.3. The summed E-state index contributed by atoms with van der Waals surface area (Å²) >= 11 is 0. The summed E-state index contributed by atoms with van der Waals surface area (Å²) in [7, 11) is 1.74. The molecule has 2 heteroatoms. The van der Waals surface area contributed by atoms with Crippen LogP contribution in [0.25, 0.3) is 0 Å². The molecule has 0 saturated heterocycles. The van der Waals surface area contributed by atoms with Crippen molar-refractivity contribution in [1.82, 2.24) is 0 Å². The molecule has 0 bridgehead atoms. The molecule has 0 aromatic rings. The largest absolute Gasteiger partial charge is 0.498 e. The van der Waals surface area contributed by atoms with Crippen molar-refractivity contribution in [2.45, 2.75) is 25.7 Å². The van der Waals surface area contributed by atoms with Crippen LogP contribution in [0.4, 0.5) is 0 Å². The summed E-state index contributed by atoms with van der Waals surface area (Å²) in [6.07, 6.45) is 14.3. The van der Waals surface area contributed by atoms with Crippen LogP contribution in [-0.4, -0.2) is 20.3 Å². The van der Waals surface area contributed by atoms with E-state index in [0.29, 0.717) is 0 Å². The molecule has 1 rings (SSSR count). The molecular formula is C15H22O2. The van der Waals surface area contributed by atoms with Gasteiger partial charge in [0, 0.05) is 20.1 Å². The maximum atomic E-state index is 5.76. The molecule has 0 aliphatic heterocycles. The van der Waals surface area contributed by atoms with E-state index in [1.807, 2.05) is 18.2 Å². The van der Waals surface area contributed by atoms with Gasteiger partial charge in [-0.2, -0.15) is 0 Å². The van der Waals surface area contributed by atoms with E-state index in [9.17, 15) is 0 Å². The highest BCUT2D eigenvalue weighted by molar-refractivity contribution is 5.36. The summed E-state index contributed by atoms with van der Waals surface area (Å²) in [6.45, 7) is 5.40. The number of unbranched alkanes of at least 4 members (excludes halogenated alkanes) is 2. The van der Waals surface area contributed by atoms with Gasteiger partial charge in [-0.3, -0.25) is 0 Å². The number of hydrogen-bond acceptors (Lipinski definition) is 2. The van der Waals surface area contributed by atoms with Gasteiger partial charge >= 0.3 is 0 Å². The fraction of sp³-hybridized carbons (Fsp3) is 0.467. The Bertz CT molecular complexity index is 311. The summed E-state index contributed by atoms with van der Waals surface area (Å²) in [5.41, 5.74) is 1.10. The number of allylic oxidation sites excluding steroid dienone is 6. The first-order valence-electron chi connectivity index (χ1n) is 6.18. The molecule has 1 aliphatic rings. The fourth-order valence-electron chi connectivity index (χ4n) is 1.61. The average molecular weight is 234 g/mol. The van der Waals surface area contributed by atoms with Gasteiger partial charge in [-0.25, -0.2) is 0 Å². The quantitative estimate of drug-likeness (QED) is 0.595. The van der Waals surface area contributed by atoms with Crippen LogP contribution in [0.2, 0.25) is 0 Å². The highest BCUT2D eigenvalue weighted by atomic mass is 16.5. The van der Waals surface area contributed by atoms with Crippen molar-refractivity contribution in [2.75, 3.05) is 20.3 Å². The monoisotopic (exact) mass is 234 g/mol. The van der Waals surface area contributed by atoms with Gasteiger partial charge in [0.25, 0.3) is 0 Å². The van der Waals surface area contributed by atoms with Crippen molar-refractivity contribution in [3.8, 4) is 0 Å². The zero-order valence-corrected chi connectivity index (χ0v) is 10.7. The Labute approximate surface area is 104 Å². The Morgan fingerprint density at radius 3 is 2.88 bits per heavy atom. The third kappa shape index (κ3) is 6.12. The first-order chi connectivity index (χ1) is 8.36. The molecule has 1 aliphatic carbocycles. The highest BCUT2D eigenvalue weighted by Crippen LogP contribution is 2.14. The Morgan fingerprint density at radius 1 is 1.29 bits per heavy atom. The van der Waals surface area contributed by atoms with E-state index in [2.05, 4.69) is 18.7 Å². The average Bonchev–Trinajstić information content (AvgIpc) is 2.58. The molecule has 0 heterocycles. The summed E-state index contributed by atoms with van der Waals surface area (Å²) in [5, 5.41) is 0. The fourth-order valence-corrected chi connectivity index (χ4v) is 1.61. The molecule has 0 spiro atoms. The molecule has 0 aromatic heterocycles. The van der Waals surface area contributed by atoms with E-state index in [1.54, 1.807) is 7.11 Å². The van der Waals surface area contributed by atoms with Crippen LogP contribution in [0.15, 0.2) is 48.3 Å². The van der Waals surface area contributed by atoms with E-state index in [4.69, 9.17) is 9.47 Å². The van der Waals surface area contributed by atoms with Gasteiger partial charge in [0.2, 0.25) is 0 Å². The lowest BCUT2D eigenvalue weighted by Gasteiger charge is -2.08. The van der Waals surface area contributed by atoms with Gasteiger partial charge < -0.3 is 9.47 Å². The minimum absolute atomic E-state index is 0.786. The summed E-state index contributed by atoms with van der Waals surface area (Å²) in [5.74, 6) is 1.02. The van der Waals surface area contributed by atoms with E-state index in [0.717, 1.165) is 50.2 Å². The molecule has 0 aromatic carbocycles. The molecule has 0 fully saturated rings. The Balaban J connectivity index is 2.22. The van der Waals surface area contributed by atoms with Crippen molar-refractivity contribution >= 4 is 0 Å². The lowest BCUT2D eigenvalue weighted by Crippen LogP contribution is -1.96. The predicted octanol–water partition coefficient (Wildman–Crippen LogP) is 3.78.